The van der Waals surface area contributed by atoms with Gasteiger partial charge in [0.15, 0.2) is 5.75 Å². The first-order valence-corrected chi connectivity index (χ1v) is 11.8. The number of anilines is 2. The lowest BCUT2D eigenvalue weighted by Crippen LogP contribution is -2.58. The smallest absolute Gasteiger partial charge is 0.322 e. The lowest BCUT2D eigenvalue weighted by atomic mass is 10.1. The minimum atomic E-state index is -0.693. The summed E-state index contributed by atoms with van der Waals surface area (Å²) in [6.45, 7) is 3.73. The fraction of sp³-hybridized carbons (Fsp3) is 0.269. The van der Waals surface area contributed by atoms with Gasteiger partial charge in [-0.3, -0.25) is 0 Å². The lowest BCUT2D eigenvalue weighted by Gasteiger charge is -2.43. The first-order chi connectivity index (χ1) is 17.4. The molecule has 2 aliphatic rings. The Morgan fingerprint density at radius 1 is 1.08 bits per heavy atom. The molecule has 3 heterocycles. The van der Waals surface area contributed by atoms with Crippen molar-refractivity contribution in [2.45, 2.75) is 25.3 Å². The molecule has 2 fully saturated rings. The van der Waals surface area contributed by atoms with Crippen LogP contribution in [0.2, 0.25) is 0 Å². The maximum Gasteiger partial charge on any atom is 0.322 e. The van der Waals surface area contributed by atoms with E-state index >= 15 is 0 Å². The molecule has 1 saturated heterocycles. The van der Waals surface area contributed by atoms with E-state index in [1.54, 1.807) is 12.4 Å². The highest BCUT2D eigenvalue weighted by Gasteiger charge is 2.53. The van der Waals surface area contributed by atoms with Crippen molar-refractivity contribution in [3.8, 4) is 11.5 Å². The lowest BCUT2D eigenvalue weighted by molar-refractivity contribution is 0.169. The predicted molar refractivity (Wildman–Crippen MR) is 131 cm³/mol. The van der Waals surface area contributed by atoms with E-state index in [0.717, 1.165) is 24.6 Å². The Kier molecular flexibility index (Phi) is 5.24. The number of nitrogens with zero attached hydrogens (tertiary/aromatic N) is 4. The summed E-state index contributed by atoms with van der Waals surface area (Å²) in [7, 11) is 0. The molecule has 36 heavy (non-hydrogen) atoms. The SMILES string of the molecule is Cc1ncc(Oc2ccc(N3CCN(C(=O)Nc4c[nH]c5c(F)cc(F)cc45)C4(CC4)C3)cc2)cn1. The number of benzene rings is 2. The maximum absolute atomic E-state index is 14.0. The van der Waals surface area contributed by atoms with E-state index in [-0.39, 0.29) is 17.1 Å². The van der Waals surface area contributed by atoms with Gasteiger partial charge in [0.05, 0.1) is 29.1 Å². The fourth-order valence-corrected chi connectivity index (χ4v) is 4.82. The monoisotopic (exact) mass is 490 g/mol. The van der Waals surface area contributed by atoms with E-state index in [2.05, 4.69) is 25.2 Å². The van der Waals surface area contributed by atoms with Crippen LogP contribution in [0.5, 0.6) is 11.5 Å². The Hall–Kier alpha value is -4.21. The molecule has 1 aliphatic heterocycles. The number of amides is 2. The van der Waals surface area contributed by atoms with Crippen LogP contribution in [-0.4, -0.2) is 51.1 Å². The highest BCUT2D eigenvalue weighted by molar-refractivity contribution is 6.01. The summed E-state index contributed by atoms with van der Waals surface area (Å²) in [6, 6.07) is 9.59. The van der Waals surface area contributed by atoms with Crippen LogP contribution in [-0.2, 0) is 0 Å². The normalized spacial score (nSPS) is 16.4. The van der Waals surface area contributed by atoms with Gasteiger partial charge in [0.1, 0.15) is 23.2 Å². The van der Waals surface area contributed by atoms with Crippen molar-refractivity contribution in [1.29, 1.82) is 0 Å². The van der Waals surface area contributed by atoms with Gasteiger partial charge in [0, 0.05) is 43.0 Å². The molecule has 184 valence electrons. The van der Waals surface area contributed by atoms with Crippen molar-refractivity contribution in [2.24, 2.45) is 0 Å². The number of hydrogen-bond donors (Lipinski definition) is 2. The zero-order valence-corrected chi connectivity index (χ0v) is 19.6. The van der Waals surface area contributed by atoms with E-state index in [4.69, 9.17) is 4.74 Å². The third-order valence-electron chi connectivity index (χ3n) is 6.87. The first kappa shape index (κ1) is 22.3. The summed E-state index contributed by atoms with van der Waals surface area (Å²) < 4.78 is 33.6. The van der Waals surface area contributed by atoms with E-state index in [0.29, 0.717) is 48.0 Å². The number of carbonyl (C=O) groups is 1. The van der Waals surface area contributed by atoms with Gasteiger partial charge >= 0.3 is 6.03 Å². The molecule has 0 atom stereocenters. The minimum Gasteiger partial charge on any atom is -0.454 e. The predicted octanol–water partition coefficient (Wildman–Crippen LogP) is 5.22. The molecule has 1 saturated carbocycles. The minimum absolute atomic E-state index is 0.167. The summed E-state index contributed by atoms with van der Waals surface area (Å²) >= 11 is 0. The van der Waals surface area contributed by atoms with Crippen LogP contribution in [0.4, 0.5) is 25.0 Å². The first-order valence-electron chi connectivity index (χ1n) is 11.8. The highest BCUT2D eigenvalue weighted by atomic mass is 19.1. The average Bonchev–Trinajstić information content (AvgIpc) is 3.51. The Morgan fingerprint density at radius 3 is 2.56 bits per heavy atom. The number of carbonyl (C=O) groups excluding carboxylic acids is 1. The Morgan fingerprint density at radius 2 is 1.83 bits per heavy atom. The van der Waals surface area contributed by atoms with Gasteiger partial charge in [-0.25, -0.2) is 23.5 Å². The van der Waals surface area contributed by atoms with Crippen LogP contribution in [0.1, 0.15) is 18.7 Å². The van der Waals surface area contributed by atoms with Crippen molar-refractivity contribution in [2.75, 3.05) is 29.9 Å². The Labute approximate surface area is 205 Å². The number of aromatic nitrogens is 3. The number of urea groups is 1. The molecular weight excluding hydrogens is 466 g/mol. The number of nitrogens with one attached hydrogen (secondary N) is 2. The zero-order valence-electron chi connectivity index (χ0n) is 19.6. The summed E-state index contributed by atoms with van der Waals surface area (Å²) in [6.07, 6.45) is 6.58. The van der Waals surface area contributed by atoms with Crippen LogP contribution in [0.15, 0.2) is 55.0 Å². The quantitative estimate of drug-likeness (QED) is 0.410. The molecule has 2 aromatic heterocycles. The van der Waals surface area contributed by atoms with Crippen molar-refractivity contribution < 1.29 is 18.3 Å². The fourth-order valence-electron chi connectivity index (χ4n) is 4.82. The third-order valence-corrected chi connectivity index (χ3v) is 6.87. The van der Waals surface area contributed by atoms with Gasteiger partial charge in [-0.05, 0) is 50.1 Å². The number of ether oxygens (including phenoxy) is 1. The van der Waals surface area contributed by atoms with Gasteiger partial charge in [-0.1, -0.05) is 0 Å². The van der Waals surface area contributed by atoms with Crippen molar-refractivity contribution in [3.63, 3.8) is 0 Å². The number of H-pyrrole nitrogens is 1. The summed E-state index contributed by atoms with van der Waals surface area (Å²) in [5.74, 6) is 0.568. The molecule has 1 spiro atoms. The summed E-state index contributed by atoms with van der Waals surface area (Å²) in [4.78, 5) is 28.4. The van der Waals surface area contributed by atoms with Crippen LogP contribution < -0.4 is 15.0 Å². The number of halogens is 2. The molecule has 4 aromatic rings. The number of rotatable bonds is 4. The summed E-state index contributed by atoms with van der Waals surface area (Å²) in [5, 5.41) is 3.16. The molecule has 10 heteroatoms. The molecule has 1 aliphatic carbocycles. The zero-order chi connectivity index (χ0) is 24.9. The van der Waals surface area contributed by atoms with Gasteiger partial charge in [-0.2, -0.15) is 0 Å². The second-order valence-corrected chi connectivity index (χ2v) is 9.30. The largest absolute Gasteiger partial charge is 0.454 e. The maximum atomic E-state index is 14.0. The number of aromatic amines is 1. The van der Waals surface area contributed by atoms with E-state index in [1.807, 2.05) is 36.1 Å². The number of fused-ring (bicyclic) bond motifs is 1. The topological polar surface area (TPSA) is 86.4 Å². The van der Waals surface area contributed by atoms with Gasteiger partial charge in [-0.15, -0.1) is 0 Å². The second kappa shape index (κ2) is 8.47. The van der Waals surface area contributed by atoms with Gasteiger partial charge in [0.2, 0.25) is 0 Å². The molecule has 8 nitrogen and oxygen atoms in total. The van der Waals surface area contributed by atoms with Crippen LogP contribution in [0.3, 0.4) is 0 Å². The molecule has 0 radical (unpaired) electrons. The second-order valence-electron chi connectivity index (χ2n) is 9.30. The molecule has 0 unspecified atom stereocenters. The average molecular weight is 491 g/mol. The van der Waals surface area contributed by atoms with E-state index < -0.39 is 11.6 Å². The van der Waals surface area contributed by atoms with E-state index in [9.17, 15) is 13.6 Å². The Bertz CT molecular complexity index is 1430. The molecule has 2 N–H and O–H groups in total. The molecule has 2 amide bonds. The van der Waals surface area contributed by atoms with Crippen LogP contribution >= 0.6 is 0 Å². The molecule has 2 aromatic carbocycles. The molecular formula is C26H24F2N6O2. The standard InChI is InChI=1S/C26H24F2N6O2/c1-16-29-12-20(13-30-16)36-19-4-2-18(3-5-19)33-8-9-34(26(15-33)6-7-26)25(35)32-23-14-31-24-21(23)10-17(27)11-22(24)28/h2-5,10-14,31H,6-9,15H2,1H3,(H,32,35). The van der Waals surface area contributed by atoms with Gasteiger partial charge < -0.3 is 24.8 Å². The van der Waals surface area contributed by atoms with Crippen molar-refractivity contribution in [1.82, 2.24) is 19.9 Å². The summed E-state index contributed by atoms with van der Waals surface area (Å²) in [5.41, 5.74) is 1.33. The number of piperazine rings is 1. The number of hydrogen-bond acceptors (Lipinski definition) is 5. The number of aryl methyl sites for hydroxylation is 1. The Balaban J connectivity index is 1.13. The molecule has 0 bridgehead atoms. The third kappa shape index (κ3) is 4.08. The van der Waals surface area contributed by atoms with Crippen LogP contribution in [0, 0.1) is 18.6 Å². The molecule has 6 rings (SSSR count). The van der Waals surface area contributed by atoms with Gasteiger partial charge in [0.25, 0.3) is 0 Å². The highest BCUT2D eigenvalue weighted by Crippen LogP contribution is 2.45. The van der Waals surface area contributed by atoms with Crippen molar-refractivity contribution >= 4 is 28.3 Å². The van der Waals surface area contributed by atoms with E-state index in [1.165, 1.54) is 12.3 Å². The van der Waals surface area contributed by atoms with Crippen molar-refractivity contribution in [3.05, 3.63) is 72.4 Å². The van der Waals surface area contributed by atoms with Crippen LogP contribution in [0.25, 0.3) is 10.9 Å².